The van der Waals surface area contributed by atoms with E-state index in [0.29, 0.717) is 0 Å². The third kappa shape index (κ3) is 0.815. The Bertz CT molecular complexity index is 428. The van der Waals surface area contributed by atoms with E-state index in [1.807, 2.05) is 24.3 Å². The summed E-state index contributed by atoms with van der Waals surface area (Å²) in [5.74, 6) is 0.186. The molecule has 60 valence electrons. The predicted octanol–water partition coefficient (Wildman–Crippen LogP) is 2.52. The highest BCUT2D eigenvalue weighted by atomic mass is 16.3. The van der Waals surface area contributed by atoms with Crippen molar-refractivity contribution in [3.63, 3.8) is 0 Å². The molecule has 2 N–H and O–H groups in total. The second kappa shape index (κ2) is 2.41. The van der Waals surface area contributed by atoms with Gasteiger partial charge < -0.3 is 10.1 Å². The minimum absolute atomic E-state index is 0.186. The molecule has 0 saturated carbocycles. The Hall–Kier alpha value is -1.70. The van der Waals surface area contributed by atoms with E-state index in [-0.39, 0.29) is 5.88 Å². The average Bonchev–Trinajstić information content (AvgIpc) is 2.40. The third-order valence-electron chi connectivity index (χ3n) is 1.93. The van der Waals surface area contributed by atoms with Gasteiger partial charge in [-0.15, -0.1) is 0 Å². The minimum Gasteiger partial charge on any atom is -0.494 e. The van der Waals surface area contributed by atoms with Crippen molar-refractivity contribution >= 4 is 17.0 Å². The second-order valence-electron chi connectivity index (χ2n) is 2.64. The number of benzene rings is 1. The lowest BCUT2D eigenvalue weighted by atomic mass is 10.2. The Morgan fingerprint density at radius 2 is 2.08 bits per heavy atom. The highest BCUT2D eigenvalue weighted by molar-refractivity contribution is 5.91. The Morgan fingerprint density at radius 3 is 2.83 bits per heavy atom. The van der Waals surface area contributed by atoms with Crippen LogP contribution in [0.5, 0.6) is 5.88 Å². The number of rotatable bonds is 1. The van der Waals surface area contributed by atoms with Crippen LogP contribution in [-0.4, -0.2) is 10.1 Å². The first-order chi connectivity index (χ1) is 5.83. The van der Waals surface area contributed by atoms with Gasteiger partial charge in [-0.2, -0.15) is 0 Å². The number of H-pyrrole nitrogens is 1. The van der Waals surface area contributed by atoms with Crippen molar-refractivity contribution in [2.24, 2.45) is 0 Å². The zero-order valence-corrected chi connectivity index (χ0v) is 6.54. The Labute approximate surface area is 70.2 Å². The van der Waals surface area contributed by atoms with Gasteiger partial charge in [-0.1, -0.05) is 30.9 Å². The van der Waals surface area contributed by atoms with Crippen LogP contribution in [-0.2, 0) is 0 Å². The van der Waals surface area contributed by atoms with E-state index in [1.54, 1.807) is 6.08 Å². The molecule has 1 aromatic heterocycles. The fourth-order valence-electron chi connectivity index (χ4n) is 1.36. The second-order valence-corrected chi connectivity index (χ2v) is 2.64. The molecule has 0 aliphatic rings. The number of fused-ring (bicyclic) bond motifs is 1. The molecule has 0 amide bonds. The molecule has 2 nitrogen and oxygen atoms in total. The van der Waals surface area contributed by atoms with Gasteiger partial charge in [0.15, 0.2) is 5.88 Å². The van der Waals surface area contributed by atoms with E-state index in [4.69, 9.17) is 0 Å². The first-order valence-electron chi connectivity index (χ1n) is 3.75. The first-order valence-corrected chi connectivity index (χ1v) is 3.75. The van der Waals surface area contributed by atoms with E-state index in [9.17, 15) is 5.11 Å². The van der Waals surface area contributed by atoms with Crippen molar-refractivity contribution in [1.29, 1.82) is 0 Å². The summed E-state index contributed by atoms with van der Waals surface area (Å²) in [4.78, 5) is 2.86. The summed E-state index contributed by atoms with van der Waals surface area (Å²) in [7, 11) is 0. The van der Waals surface area contributed by atoms with Crippen LogP contribution in [0.4, 0.5) is 0 Å². The molecule has 0 aliphatic heterocycles. The Kier molecular flexibility index (Phi) is 1.40. The maximum atomic E-state index is 9.41. The van der Waals surface area contributed by atoms with Gasteiger partial charge in [-0.3, -0.25) is 0 Å². The van der Waals surface area contributed by atoms with Gasteiger partial charge in [0.25, 0.3) is 0 Å². The van der Waals surface area contributed by atoms with Gasteiger partial charge in [0, 0.05) is 16.5 Å². The lowest BCUT2D eigenvalue weighted by Crippen LogP contribution is -1.66. The van der Waals surface area contributed by atoms with Gasteiger partial charge in [0.05, 0.1) is 0 Å². The number of nitrogens with one attached hydrogen (secondary N) is 1. The lowest BCUT2D eigenvalue weighted by Gasteiger charge is -1.88. The van der Waals surface area contributed by atoms with E-state index in [1.165, 1.54) is 0 Å². The largest absolute Gasteiger partial charge is 0.494 e. The van der Waals surface area contributed by atoms with Crippen LogP contribution in [0.15, 0.2) is 30.8 Å². The molecule has 2 heteroatoms. The van der Waals surface area contributed by atoms with Crippen molar-refractivity contribution in [2.75, 3.05) is 0 Å². The molecular formula is C10H9NO. The van der Waals surface area contributed by atoms with Crippen LogP contribution in [0.3, 0.4) is 0 Å². The molecule has 1 aromatic carbocycles. The number of aromatic amines is 1. The topological polar surface area (TPSA) is 36.0 Å². The van der Waals surface area contributed by atoms with Crippen LogP contribution in [0, 0.1) is 0 Å². The molecule has 0 atom stereocenters. The van der Waals surface area contributed by atoms with Crippen molar-refractivity contribution in [3.05, 3.63) is 36.4 Å². The summed E-state index contributed by atoms with van der Waals surface area (Å²) >= 11 is 0. The normalized spacial score (nSPS) is 10.3. The molecule has 0 radical (unpaired) electrons. The smallest absolute Gasteiger partial charge is 0.196 e. The molecule has 2 aromatic rings. The maximum Gasteiger partial charge on any atom is 0.196 e. The fraction of sp³-hybridized carbons (Fsp3) is 0. The molecule has 0 saturated heterocycles. The predicted molar refractivity (Wildman–Crippen MR) is 50.1 cm³/mol. The molecule has 0 bridgehead atoms. The number of aromatic nitrogens is 1. The van der Waals surface area contributed by atoms with E-state index >= 15 is 0 Å². The summed E-state index contributed by atoms with van der Waals surface area (Å²) in [6.45, 7) is 3.63. The van der Waals surface area contributed by atoms with Gasteiger partial charge in [0.2, 0.25) is 0 Å². The van der Waals surface area contributed by atoms with Crippen molar-refractivity contribution in [2.45, 2.75) is 0 Å². The van der Waals surface area contributed by atoms with E-state index in [0.717, 1.165) is 16.5 Å². The van der Waals surface area contributed by atoms with Gasteiger partial charge in [-0.05, 0) is 6.07 Å². The molecule has 0 unspecified atom stereocenters. The molecule has 12 heavy (non-hydrogen) atoms. The highest BCUT2D eigenvalue weighted by Crippen LogP contribution is 2.27. The summed E-state index contributed by atoms with van der Waals surface area (Å²) in [5, 5.41) is 10.4. The summed E-state index contributed by atoms with van der Waals surface area (Å²) in [6, 6.07) is 7.72. The van der Waals surface area contributed by atoms with E-state index < -0.39 is 0 Å². The minimum atomic E-state index is 0.186. The molecule has 0 fully saturated rings. The number of para-hydroxylation sites is 1. The zero-order chi connectivity index (χ0) is 8.55. The van der Waals surface area contributed by atoms with Crippen LogP contribution >= 0.6 is 0 Å². The number of hydrogen-bond donors (Lipinski definition) is 2. The Balaban J connectivity index is 2.90. The van der Waals surface area contributed by atoms with Crippen LogP contribution in [0.25, 0.3) is 17.0 Å². The summed E-state index contributed by atoms with van der Waals surface area (Å²) < 4.78 is 0. The standard InChI is InChI=1S/C10H9NO/c1-2-7-8-5-3-4-6-9(8)11-10(7)12/h2-6,11-12H,1H2. The Morgan fingerprint density at radius 1 is 1.33 bits per heavy atom. The van der Waals surface area contributed by atoms with E-state index in [2.05, 4.69) is 11.6 Å². The van der Waals surface area contributed by atoms with Crippen LogP contribution in [0.1, 0.15) is 5.56 Å². The van der Waals surface area contributed by atoms with Crippen LogP contribution < -0.4 is 0 Å². The van der Waals surface area contributed by atoms with Crippen molar-refractivity contribution in [1.82, 2.24) is 4.98 Å². The van der Waals surface area contributed by atoms with Crippen molar-refractivity contribution < 1.29 is 5.11 Å². The lowest BCUT2D eigenvalue weighted by molar-refractivity contribution is 0.457. The zero-order valence-electron chi connectivity index (χ0n) is 6.54. The summed E-state index contributed by atoms with van der Waals surface area (Å²) in [5.41, 5.74) is 1.70. The SMILES string of the molecule is C=Cc1c(O)[nH]c2ccccc12. The van der Waals surface area contributed by atoms with Crippen LogP contribution in [0.2, 0.25) is 0 Å². The maximum absolute atomic E-state index is 9.41. The molecular weight excluding hydrogens is 150 g/mol. The first kappa shape index (κ1) is 6.98. The number of aromatic hydroxyl groups is 1. The summed E-state index contributed by atoms with van der Waals surface area (Å²) in [6.07, 6.45) is 1.65. The number of hydrogen-bond acceptors (Lipinski definition) is 1. The molecule has 0 aliphatic carbocycles. The quantitative estimate of drug-likeness (QED) is 0.659. The van der Waals surface area contributed by atoms with Gasteiger partial charge in [-0.25, -0.2) is 0 Å². The molecule has 2 rings (SSSR count). The monoisotopic (exact) mass is 159 g/mol. The van der Waals surface area contributed by atoms with Crippen molar-refractivity contribution in [3.8, 4) is 5.88 Å². The molecule has 0 spiro atoms. The molecule has 1 heterocycles. The third-order valence-corrected chi connectivity index (χ3v) is 1.93. The average molecular weight is 159 g/mol. The highest BCUT2D eigenvalue weighted by Gasteiger charge is 2.05. The van der Waals surface area contributed by atoms with Gasteiger partial charge >= 0.3 is 0 Å². The fourth-order valence-corrected chi connectivity index (χ4v) is 1.36. The van der Waals surface area contributed by atoms with Gasteiger partial charge in [0.1, 0.15) is 0 Å².